The van der Waals surface area contributed by atoms with Crippen molar-refractivity contribution in [3.8, 4) is 0 Å². The number of hydrogen-bond donors (Lipinski definition) is 2. The second-order valence-corrected chi connectivity index (χ2v) is 6.06. The monoisotopic (exact) mass is 319 g/mol. The van der Waals surface area contributed by atoms with Gasteiger partial charge < -0.3 is 20.3 Å². The third kappa shape index (κ3) is 4.54. The van der Waals surface area contributed by atoms with Gasteiger partial charge in [-0.25, -0.2) is 9.97 Å². The summed E-state index contributed by atoms with van der Waals surface area (Å²) in [6, 6.07) is 1.98. The summed E-state index contributed by atoms with van der Waals surface area (Å²) in [7, 11) is 0. The summed E-state index contributed by atoms with van der Waals surface area (Å²) in [5, 5.41) is 6.23. The highest BCUT2D eigenvalue weighted by molar-refractivity contribution is 5.78. The van der Waals surface area contributed by atoms with Crippen molar-refractivity contribution in [2.75, 3.05) is 49.6 Å². The Balaban J connectivity index is 1.40. The molecule has 0 bridgehead atoms. The number of ether oxygens (including phenoxy) is 1. The summed E-state index contributed by atoms with van der Waals surface area (Å²) in [4.78, 5) is 22.9. The number of amides is 1. The van der Waals surface area contributed by atoms with Gasteiger partial charge in [0.2, 0.25) is 5.91 Å². The molecular formula is C16H25N5O2. The van der Waals surface area contributed by atoms with Crippen molar-refractivity contribution >= 4 is 17.5 Å². The number of aromatic nitrogens is 2. The van der Waals surface area contributed by atoms with Crippen LogP contribution < -0.4 is 15.5 Å². The number of carbonyl (C=O) groups is 1. The van der Waals surface area contributed by atoms with E-state index in [9.17, 15) is 4.79 Å². The Labute approximate surface area is 136 Å². The van der Waals surface area contributed by atoms with Crippen LogP contribution in [0.25, 0.3) is 0 Å². The van der Waals surface area contributed by atoms with Crippen molar-refractivity contribution < 1.29 is 9.53 Å². The Morgan fingerprint density at radius 2 is 2.00 bits per heavy atom. The molecule has 2 aliphatic heterocycles. The molecule has 2 fully saturated rings. The number of carbonyl (C=O) groups excluding carboxylic acids is 1. The molecule has 2 N–H and O–H groups in total. The first kappa shape index (κ1) is 16.0. The van der Waals surface area contributed by atoms with Crippen molar-refractivity contribution in [1.29, 1.82) is 0 Å². The molecule has 0 saturated carbocycles. The predicted molar refractivity (Wildman–Crippen MR) is 88.5 cm³/mol. The lowest BCUT2D eigenvalue weighted by molar-refractivity contribution is -0.127. The van der Waals surface area contributed by atoms with Crippen LogP contribution in [0.5, 0.6) is 0 Å². The van der Waals surface area contributed by atoms with Crippen LogP contribution in [0.3, 0.4) is 0 Å². The molecule has 1 aromatic heterocycles. The molecule has 0 aromatic carbocycles. The minimum absolute atomic E-state index is 0.101. The smallest absolute Gasteiger partial charge is 0.223 e. The summed E-state index contributed by atoms with van der Waals surface area (Å²) in [6.45, 7) is 4.77. The lowest BCUT2D eigenvalue weighted by Crippen LogP contribution is -2.36. The fourth-order valence-electron chi connectivity index (χ4n) is 3.04. The van der Waals surface area contributed by atoms with Crippen molar-refractivity contribution in [1.82, 2.24) is 15.3 Å². The van der Waals surface area contributed by atoms with Gasteiger partial charge in [0, 0.05) is 51.4 Å². The molecule has 23 heavy (non-hydrogen) atoms. The first-order valence-corrected chi connectivity index (χ1v) is 8.49. The standard InChI is InChI=1S/C16H25N5O2/c22-16(13-3-9-23-10-4-13)18-6-5-17-14-11-15(20-12-19-14)21-7-1-2-8-21/h11-13H,1-10H2,(H,18,22)(H,17,19,20). The van der Waals surface area contributed by atoms with E-state index in [2.05, 4.69) is 25.5 Å². The van der Waals surface area contributed by atoms with Crippen LogP contribution in [-0.2, 0) is 9.53 Å². The van der Waals surface area contributed by atoms with Crippen molar-refractivity contribution in [2.45, 2.75) is 25.7 Å². The summed E-state index contributed by atoms with van der Waals surface area (Å²) in [5.41, 5.74) is 0. The zero-order valence-corrected chi connectivity index (χ0v) is 13.5. The fourth-order valence-corrected chi connectivity index (χ4v) is 3.04. The van der Waals surface area contributed by atoms with E-state index in [0.29, 0.717) is 26.3 Å². The molecule has 2 aliphatic rings. The van der Waals surface area contributed by atoms with Gasteiger partial charge in [-0.1, -0.05) is 0 Å². The largest absolute Gasteiger partial charge is 0.381 e. The Hall–Kier alpha value is -1.89. The SMILES string of the molecule is O=C(NCCNc1cc(N2CCCC2)ncn1)C1CCOCC1. The fraction of sp³-hybridized carbons (Fsp3) is 0.688. The molecule has 0 unspecified atom stereocenters. The van der Waals surface area contributed by atoms with Crippen molar-refractivity contribution in [2.24, 2.45) is 5.92 Å². The van der Waals surface area contributed by atoms with Crippen LogP contribution in [0.1, 0.15) is 25.7 Å². The van der Waals surface area contributed by atoms with Gasteiger partial charge in [0.05, 0.1) is 0 Å². The second kappa shape index (κ2) is 8.10. The van der Waals surface area contributed by atoms with E-state index < -0.39 is 0 Å². The van der Waals surface area contributed by atoms with Crippen LogP contribution in [0, 0.1) is 5.92 Å². The number of nitrogens with zero attached hydrogens (tertiary/aromatic N) is 3. The van der Waals surface area contributed by atoms with E-state index in [0.717, 1.165) is 37.6 Å². The Morgan fingerprint density at radius 3 is 2.78 bits per heavy atom. The van der Waals surface area contributed by atoms with Gasteiger partial charge in [-0.05, 0) is 25.7 Å². The Bertz CT molecular complexity index is 513. The van der Waals surface area contributed by atoms with Crippen LogP contribution in [0.2, 0.25) is 0 Å². The van der Waals surface area contributed by atoms with E-state index in [-0.39, 0.29) is 11.8 Å². The van der Waals surface area contributed by atoms with Gasteiger partial charge in [0.15, 0.2) is 0 Å². The number of nitrogens with one attached hydrogen (secondary N) is 2. The molecule has 0 radical (unpaired) electrons. The molecule has 0 aliphatic carbocycles. The van der Waals surface area contributed by atoms with Gasteiger partial charge in [0.1, 0.15) is 18.0 Å². The number of hydrogen-bond acceptors (Lipinski definition) is 6. The third-order valence-corrected chi connectivity index (χ3v) is 4.41. The zero-order chi connectivity index (χ0) is 15.9. The Morgan fingerprint density at radius 1 is 1.22 bits per heavy atom. The average Bonchev–Trinajstić information content (AvgIpc) is 3.14. The number of rotatable bonds is 6. The Kier molecular flexibility index (Phi) is 5.63. The maximum atomic E-state index is 12.0. The molecule has 0 atom stereocenters. The molecule has 3 heterocycles. The van der Waals surface area contributed by atoms with Gasteiger partial charge in [-0.15, -0.1) is 0 Å². The van der Waals surface area contributed by atoms with Crippen LogP contribution in [-0.4, -0.2) is 55.3 Å². The van der Waals surface area contributed by atoms with Gasteiger partial charge in [-0.2, -0.15) is 0 Å². The lowest BCUT2D eigenvalue weighted by Gasteiger charge is -2.21. The summed E-state index contributed by atoms with van der Waals surface area (Å²) in [6.07, 6.45) is 5.70. The zero-order valence-electron chi connectivity index (χ0n) is 13.5. The molecular weight excluding hydrogens is 294 g/mol. The molecule has 1 aromatic rings. The normalized spacial score (nSPS) is 18.9. The average molecular weight is 319 g/mol. The van der Waals surface area contributed by atoms with E-state index in [1.807, 2.05) is 6.07 Å². The van der Waals surface area contributed by atoms with Crippen molar-refractivity contribution in [3.63, 3.8) is 0 Å². The highest BCUT2D eigenvalue weighted by Crippen LogP contribution is 2.19. The van der Waals surface area contributed by atoms with Crippen LogP contribution in [0.15, 0.2) is 12.4 Å². The van der Waals surface area contributed by atoms with Crippen LogP contribution in [0.4, 0.5) is 11.6 Å². The highest BCUT2D eigenvalue weighted by Gasteiger charge is 2.20. The van der Waals surface area contributed by atoms with E-state index in [1.54, 1.807) is 6.33 Å². The first-order chi connectivity index (χ1) is 11.3. The molecule has 126 valence electrons. The van der Waals surface area contributed by atoms with Crippen molar-refractivity contribution in [3.05, 3.63) is 12.4 Å². The number of anilines is 2. The third-order valence-electron chi connectivity index (χ3n) is 4.41. The molecule has 3 rings (SSSR count). The summed E-state index contributed by atoms with van der Waals surface area (Å²) in [5.74, 6) is 2.02. The predicted octanol–water partition coefficient (Wildman–Crippen LogP) is 1.03. The highest BCUT2D eigenvalue weighted by atomic mass is 16.5. The molecule has 7 nitrogen and oxygen atoms in total. The molecule has 7 heteroatoms. The van der Waals surface area contributed by atoms with Gasteiger partial charge in [0.25, 0.3) is 0 Å². The summed E-state index contributed by atoms with van der Waals surface area (Å²) >= 11 is 0. The minimum Gasteiger partial charge on any atom is -0.381 e. The quantitative estimate of drug-likeness (QED) is 0.763. The summed E-state index contributed by atoms with van der Waals surface area (Å²) < 4.78 is 5.28. The maximum Gasteiger partial charge on any atom is 0.223 e. The minimum atomic E-state index is 0.101. The van der Waals surface area contributed by atoms with E-state index >= 15 is 0 Å². The second-order valence-electron chi connectivity index (χ2n) is 6.06. The van der Waals surface area contributed by atoms with E-state index in [1.165, 1.54) is 12.8 Å². The lowest BCUT2D eigenvalue weighted by atomic mass is 9.99. The van der Waals surface area contributed by atoms with E-state index in [4.69, 9.17) is 4.74 Å². The van der Waals surface area contributed by atoms with Gasteiger partial charge >= 0.3 is 0 Å². The molecule has 2 saturated heterocycles. The topological polar surface area (TPSA) is 79.4 Å². The van der Waals surface area contributed by atoms with Crippen LogP contribution >= 0.6 is 0 Å². The maximum absolute atomic E-state index is 12.0. The first-order valence-electron chi connectivity index (χ1n) is 8.49. The molecule has 1 amide bonds. The molecule has 0 spiro atoms. The van der Waals surface area contributed by atoms with Gasteiger partial charge in [-0.3, -0.25) is 4.79 Å².